The quantitative estimate of drug-likeness (QED) is 0.774. The van der Waals surface area contributed by atoms with Crippen LogP contribution >= 0.6 is 0 Å². The Hall–Kier alpha value is -2.28. The molecule has 0 amide bonds. The molecule has 0 aliphatic heterocycles. The molecule has 18 heavy (non-hydrogen) atoms. The van der Waals surface area contributed by atoms with Crippen molar-refractivity contribution < 1.29 is 0 Å². The number of rotatable bonds is 3. The smallest absolute Gasteiger partial charge is 0.136 e. The average Bonchev–Trinajstić information content (AvgIpc) is 2.72. The second kappa shape index (κ2) is 4.92. The van der Waals surface area contributed by atoms with Crippen molar-refractivity contribution in [3.63, 3.8) is 0 Å². The molecule has 0 saturated heterocycles. The van der Waals surface area contributed by atoms with E-state index in [1.165, 1.54) is 0 Å². The van der Waals surface area contributed by atoms with Crippen LogP contribution < -0.4 is 0 Å². The lowest BCUT2D eigenvalue weighted by molar-refractivity contribution is 0.537. The average molecular weight is 240 g/mol. The van der Waals surface area contributed by atoms with E-state index in [0.29, 0.717) is 5.70 Å². The molecule has 4 heteroatoms. The molecule has 0 aliphatic carbocycles. The largest absolute Gasteiger partial charge is 0.369 e. The van der Waals surface area contributed by atoms with Crippen molar-refractivity contribution in [3.8, 4) is 6.07 Å². The van der Waals surface area contributed by atoms with E-state index in [2.05, 4.69) is 22.5 Å². The molecule has 0 fully saturated rings. The molecule has 2 rings (SSSR count). The van der Waals surface area contributed by atoms with Crippen LogP contribution in [0.4, 0.5) is 0 Å². The van der Waals surface area contributed by atoms with Crippen molar-refractivity contribution in [2.45, 2.75) is 13.5 Å². The van der Waals surface area contributed by atoms with Gasteiger partial charge in [-0.2, -0.15) is 5.26 Å². The van der Waals surface area contributed by atoms with Gasteiger partial charge in [0, 0.05) is 26.7 Å². The maximum Gasteiger partial charge on any atom is 0.136 e. The number of para-hydroxylation sites is 2. The van der Waals surface area contributed by atoms with Gasteiger partial charge < -0.3 is 9.47 Å². The zero-order valence-electron chi connectivity index (χ0n) is 10.9. The van der Waals surface area contributed by atoms with Gasteiger partial charge in [-0.3, -0.25) is 0 Å². The molecule has 0 unspecified atom stereocenters. The first-order valence-corrected chi connectivity index (χ1v) is 5.91. The van der Waals surface area contributed by atoms with E-state index in [1.807, 2.05) is 44.4 Å². The van der Waals surface area contributed by atoms with Crippen LogP contribution in [0.15, 0.2) is 30.0 Å². The Morgan fingerprint density at radius 1 is 1.44 bits per heavy atom. The van der Waals surface area contributed by atoms with Gasteiger partial charge in [-0.1, -0.05) is 12.1 Å². The number of benzene rings is 1. The molecule has 4 nitrogen and oxygen atoms in total. The zero-order chi connectivity index (χ0) is 13.1. The summed E-state index contributed by atoms with van der Waals surface area (Å²) in [5.74, 6) is 0.823. The number of aromatic nitrogens is 2. The minimum absolute atomic E-state index is 0.597. The van der Waals surface area contributed by atoms with Gasteiger partial charge in [0.1, 0.15) is 17.6 Å². The lowest BCUT2D eigenvalue weighted by atomic mass is 10.3. The fourth-order valence-corrected chi connectivity index (χ4v) is 1.92. The lowest BCUT2D eigenvalue weighted by Gasteiger charge is -2.10. The van der Waals surface area contributed by atoms with E-state index < -0.39 is 0 Å². The van der Waals surface area contributed by atoms with Gasteiger partial charge in [-0.05, 0) is 19.1 Å². The first-order valence-electron chi connectivity index (χ1n) is 5.91. The van der Waals surface area contributed by atoms with Crippen LogP contribution in [0, 0.1) is 11.3 Å². The summed E-state index contributed by atoms with van der Waals surface area (Å²) in [5, 5.41) is 9.10. The van der Waals surface area contributed by atoms with Crippen molar-refractivity contribution in [1.82, 2.24) is 14.5 Å². The van der Waals surface area contributed by atoms with Crippen LogP contribution in [0.1, 0.15) is 12.7 Å². The summed E-state index contributed by atoms with van der Waals surface area (Å²) in [6.07, 6.45) is 1.82. The maximum absolute atomic E-state index is 9.10. The molecule has 0 saturated carbocycles. The maximum atomic E-state index is 9.10. The number of hydrogen-bond acceptors (Lipinski definition) is 3. The number of imidazole rings is 1. The number of hydrogen-bond donors (Lipinski definition) is 0. The van der Waals surface area contributed by atoms with Crippen molar-refractivity contribution in [2.24, 2.45) is 0 Å². The molecule has 1 aromatic heterocycles. The van der Waals surface area contributed by atoms with Crippen molar-refractivity contribution in [3.05, 3.63) is 35.8 Å². The third-order valence-corrected chi connectivity index (χ3v) is 2.86. The lowest BCUT2D eigenvalue weighted by Crippen LogP contribution is -2.10. The fourth-order valence-electron chi connectivity index (χ4n) is 1.92. The van der Waals surface area contributed by atoms with Crippen molar-refractivity contribution in [2.75, 3.05) is 14.1 Å². The highest BCUT2D eigenvalue weighted by Gasteiger charge is 2.08. The molecule has 0 aliphatic rings. The Kier molecular flexibility index (Phi) is 3.33. The van der Waals surface area contributed by atoms with E-state index >= 15 is 0 Å². The topological polar surface area (TPSA) is 44.9 Å². The van der Waals surface area contributed by atoms with Gasteiger partial charge in [-0.25, -0.2) is 4.98 Å². The van der Waals surface area contributed by atoms with Crippen molar-refractivity contribution in [1.29, 1.82) is 5.26 Å². The normalized spacial score (nSPS) is 11.6. The summed E-state index contributed by atoms with van der Waals surface area (Å²) in [4.78, 5) is 6.35. The van der Waals surface area contributed by atoms with Gasteiger partial charge in [0.25, 0.3) is 0 Å². The number of nitrogens with zero attached hydrogens (tertiary/aromatic N) is 4. The Morgan fingerprint density at radius 2 is 2.17 bits per heavy atom. The SMILES string of the molecule is CCn1c(C=C(C#N)N(C)C)nc2ccccc21. The van der Waals surface area contributed by atoms with Gasteiger partial charge in [-0.15, -0.1) is 0 Å². The number of aryl methyl sites for hydroxylation is 1. The first kappa shape index (κ1) is 12.2. The van der Waals surface area contributed by atoms with Gasteiger partial charge in [0.15, 0.2) is 0 Å². The minimum Gasteiger partial charge on any atom is -0.369 e. The van der Waals surface area contributed by atoms with E-state index in [9.17, 15) is 0 Å². The molecule has 0 spiro atoms. The standard InChI is InChI=1S/C14H16N4/c1-4-18-13-8-6-5-7-12(13)16-14(18)9-11(10-15)17(2)3/h5-9H,4H2,1-3H3. The Labute approximate surface area is 107 Å². The molecule has 2 aromatic rings. The summed E-state index contributed by atoms with van der Waals surface area (Å²) in [6, 6.07) is 10.2. The molecule has 0 bridgehead atoms. The van der Waals surface area contributed by atoms with E-state index in [1.54, 1.807) is 4.90 Å². The Morgan fingerprint density at radius 3 is 2.78 bits per heavy atom. The highest BCUT2D eigenvalue weighted by atomic mass is 15.1. The monoisotopic (exact) mass is 240 g/mol. The predicted octanol–water partition coefficient (Wildman–Crippen LogP) is 2.48. The van der Waals surface area contributed by atoms with E-state index in [-0.39, 0.29) is 0 Å². The molecule has 0 N–H and O–H groups in total. The molecule has 1 aromatic carbocycles. The summed E-state index contributed by atoms with van der Waals surface area (Å²) >= 11 is 0. The van der Waals surface area contributed by atoms with Crippen molar-refractivity contribution >= 4 is 17.1 Å². The highest BCUT2D eigenvalue weighted by molar-refractivity contribution is 5.78. The molecule has 92 valence electrons. The molecule has 1 heterocycles. The summed E-state index contributed by atoms with van der Waals surface area (Å²) in [5.41, 5.74) is 2.66. The Balaban J connectivity index is 2.61. The second-order valence-electron chi connectivity index (χ2n) is 4.24. The first-order chi connectivity index (χ1) is 8.67. The third kappa shape index (κ3) is 2.07. The van der Waals surface area contributed by atoms with Gasteiger partial charge in [0.2, 0.25) is 0 Å². The van der Waals surface area contributed by atoms with Crippen LogP contribution in [-0.2, 0) is 6.54 Å². The zero-order valence-corrected chi connectivity index (χ0v) is 10.9. The number of fused-ring (bicyclic) bond motifs is 1. The number of nitriles is 1. The van der Waals surface area contributed by atoms with Crippen LogP contribution in [0.2, 0.25) is 0 Å². The molecular formula is C14H16N4. The van der Waals surface area contributed by atoms with Crippen LogP contribution in [0.25, 0.3) is 17.1 Å². The van der Waals surface area contributed by atoms with E-state index in [0.717, 1.165) is 23.4 Å². The third-order valence-electron chi connectivity index (χ3n) is 2.86. The summed E-state index contributed by atoms with van der Waals surface area (Å²) in [7, 11) is 3.71. The Bertz CT molecular complexity index is 629. The highest BCUT2D eigenvalue weighted by Crippen LogP contribution is 2.18. The van der Waals surface area contributed by atoms with Crippen LogP contribution in [0.5, 0.6) is 0 Å². The number of allylic oxidation sites excluding steroid dienone is 1. The predicted molar refractivity (Wildman–Crippen MR) is 72.7 cm³/mol. The van der Waals surface area contributed by atoms with Crippen LogP contribution in [-0.4, -0.2) is 28.5 Å². The summed E-state index contributed by atoms with van der Waals surface area (Å²) in [6.45, 7) is 2.91. The molecular weight excluding hydrogens is 224 g/mol. The van der Waals surface area contributed by atoms with Crippen LogP contribution in [0.3, 0.4) is 0 Å². The molecule has 0 atom stereocenters. The van der Waals surface area contributed by atoms with Gasteiger partial charge >= 0.3 is 0 Å². The van der Waals surface area contributed by atoms with Gasteiger partial charge in [0.05, 0.1) is 11.0 Å². The molecule has 0 radical (unpaired) electrons. The fraction of sp³-hybridized carbons (Fsp3) is 0.286. The second-order valence-corrected chi connectivity index (χ2v) is 4.24. The minimum atomic E-state index is 0.597. The van der Waals surface area contributed by atoms with E-state index in [4.69, 9.17) is 5.26 Å². The summed E-state index contributed by atoms with van der Waals surface area (Å²) < 4.78 is 2.11.